The topological polar surface area (TPSA) is 38.7 Å². The van der Waals surface area contributed by atoms with E-state index >= 15 is 0 Å². The summed E-state index contributed by atoms with van der Waals surface area (Å²) in [6.07, 6.45) is 4.19. The molecule has 0 aromatic heterocycles. The highest BCUT2D eigenvalue weighted by Crippen LogP contribution is 2.29. The molecule has 4 unspecified atom stereocenters. The van der Waals surface area contributed by atoms with Gasteiger partial charge in [0.05, 0.1) is 30.5 Å². The summed E-state index contributed by atoms with van der Waals surface area (Å²) in [7, 11) is 0. The molecule has 0 fully saturated rings. The van der Waals surface area contributed by atoms with Crippen molar-refractivity contribution in [1.29, 1.82) is 0 Å². The second-order valence-corrected chi connectivity index (χ2v) is 6.33. The van der Waals surface area contributed by atoms with Crippen LogP contribution in [-0.4, -0.2) is 35.6 Å². The fourth-order valence-corrected chi connectivity index (χ4v) is 2.02. The van der Waals surface area contributed by atoms with Crippen LogP contribution in [0.25, 0.3) is 0 Å². The van der Waals surface area contributed by atoms with Crippen LogP contribution in [0, 0.1) is 5.92 Å². The molecule has 0 rings (SSSR count). The Bertz CT molecular complexity index is 277. The van der Waals surface area contributed by atoms with Gasteiger partial charge in [0.1, 0.15) is 0 Å². The maximum Gasteiger partial charge on any atom is 0.0745 e. The molecule has 1 N–H and O–H groups in total. The lowest BCUT2D eigenvalue weighted by atomic mass is 9.88. The Labute approximate surface area is 125 Å². The summed E-state index contributed by atoms with van der Waals surface area (Å²) < 4.78 is 12.0. The molecular weight excluding hydrogens is 252 g/mol. The zero-order valence-corrected chi connectivity index (χ0v) is 14.2. The van der Waals surface area contributed by atoms with Crippen LogP contribution in [0.4, 0.5) is 0 Å². The van der Waals surface area contributed by atoms with E-state index in [0.29, 0.717) is 13.2 Å². The Morgan fingerprint density at radius 2 is 1.70 bits per heavy atom. The second kappa shape index (κ2) is 8.81. The summed E-state index contributed by atoms with van der Waals surface area (Å²) in [5.41, 5.74) is -0.408. The van der Waals surface area contributed by atoms with Crippen molar-refractivity contribution in [3.05, 3.63) is 12.7 Å². The zero-order valence-electron chi connectivity index (χ0n) is 14.2. The first-order valence-electron chi connectivity index (χ1n) is 7.80. The van der Waals surface area contributed by atoms with Crippen LogP contribution in [-0.2, 0) is 9.47 Å². The van der Waals surface area contributed by atoms with Gasteiger partial charge in [-0.1, -0.05) is 26.8 Å². The highest BCUT2D eigenvalue weighted by Gasteiger charge is 2.33. The molecule has 0 aliphatic carbocycles. The highest BCUT2D eigenvalue weighted by molar-refractivity contribution is 4.86. The summed E-state index contributed by atoms with van der Waals surface area (Å²) in [6, 6.07) is 0. The molecule has 120 valence electrons. The van der Waals surface area contributed by atoms with Gasteiger partial charge in [0.15, 0.2) is 0 Å². The molecule has 0 spiro atoms. The average molecular weight is 286 g/mol. The lowest BCUT2D eigenvalue weighted by Crippen LogP contribution is -2.42. The SMILES string of the molecule is C=CCC(C)(CC)OCC(C)C(C)(CC)OCC(C)O. The Hall–Kier alpha value is -0.380. The predicted octanol–water partition coefficient (Wildman–Crippen LogP) is 3.95. The molecular formula is C17H34O3. The van der Waals surface area contributed by atoms with Crippen LogP contribution in [0.3, 0.4) is 0 Å². The molecule has 3 heteroatoms. The maximum atomic E-state index is 9.39. The largest absolute Gasteiger partial charge is 0.391 e. The monoisotopic (exact) mass is 286 g/mol. The average Bonchev–Trinajstić information content (AvgIpc) is 2.42. The third-order valence-corrected chi connectivity index (χ3v) is 4.40. The fraction of sp³-hybridized carbons (Fsp3) is 0.882. The minimum atomic E-state index is -0.435. The van der Waals surface area contributed by atoms with E-state index in [1.165, 1.54) is 0 Å². The van der Waals surface area contributed by atoms with E-state index in [-0.39, 0.29) is 17.1 Å². The number of rotatable bonds is 11. The molecule has 0 saturated carbocycles. The summed E-state index contributed by atoms with van der Waals surface area (Å²) >= 11 is 0. The minimum Gasteiger partial charge on any atom is -0.391 e. The lowest BCUT2D eigenvalue weighted by Gasteiger charge is -2.38. The van der Waals surface area contributed by atoms with Gasteiger partial charge in [-0.2, -0.15) is 0 Å². The molecule has 0 amide bonds. The van der Waals surface area contributed by atoms with Gasteiger partial charge < -0.3 is 14.6 Å². The van der Waals surface area contributed by atoms with E-state index in [1.54, 1.807) is 6.92 Å². The van der Waals surface area contributed by atoms with E-state index in [0.717, 1.165) is 19.3 Å². The van der Waals surface area contributed by atoms with Crippen LogP contribution in [0.15, 0.2) is 12.7 Å². The molecule has 0 heterocycles. The normalized spacial score (nSPS) is 20.8. The number of ether oxygens (including phenoxy) is 2. The maximum absolute atomic E-state index is 9.39. The van der Waals surface area contributed by atoms with Crippen molar-refractivity contribution in [3.63, 3.8) is 0 Å². The van der Waals surface area contributed by atoms with E-state index in [1.807, 2.05) is 6.08 Å². The van der Waals surface area contributed by atoms with Gasteiger partial charge in [-0.05, 0) is 40.0 Å². The third-order valence-electron chi connectivity index (χ3n) is 4.40. The molecule has 0 aromatic rings. The summed E-state index contributed by atoms with van der Waals surface area (Å²) in [5.74, 6) is 0.266. The molecule has 3 nitrogen and oxygen atoms in total. The van der Waals surface area contributed by atoms with Crippen LogP contribution in [0.1, 0.15) is 60.8 Å². The molecule has 0 radical (unpaired) electrons. The Morgan fingerprint density at radius 3 is 2.10 bits per heavy atom. The molecule has 0 bridgehead atoms. The second-order valence-electron chi connectivity index (χ2n) is 6.33. The lowest BCUT2D eigenvalue weighted by molar-refractivity contribution is -0.132. The standard InChI is InChI=1S/C17H34O3/c1-8-11-16(6,9-2)19-12-14(4)17(7,10-3)20-13-15(5)18/h8,14-15,18H,1,9-13H2,2-7H3. The van der Waals surface area contributed by atoms with Crippen LogP contribution in [0.2, 0.25) is 0 Å². The minimum absolute atomic E-state index is 0.144. The van der Waals surface area contributed by atoms with Gasteiger partial charge in [-0.25, -0.2) is 0 Å². The van der Waals surface area contributed by atoms with Crippen molar-refractivity contribution < 1.29 is 14.6 Å². The van der Waals surface area contributed by atoms with Crippen molar-refractivity contribution >= 4 is 0 Å². The predicted molar refractivity (Wildman–Crippen MR) is 85.0 cm³/mol. The van der Waals surface area contributed by atoms with Crippen molar-refractivity contribution in [2.24, 2.45) is 5.92 Å². The molecule has 20 heavy (non-hydrogen) atoms. The highest BCUT2D eigenvalue weighted by atomic mass is 16.5. The molecule has 0 aliphatic rings. The smallest absolute Gasteiger partial charge is 0.0745 e. The molecule has 0 saturated heterocycles. The summed E-state index contributed by atoms with van der Waals surface area (Å²) in [4.78, 5) is 0. The van der Waals surface area contributed by atoms with E-state index in [2.05, 4.69) is 41.2 Å². The number of aliphatic hydroxyl groups is 1. The van der Waals surface area contributed by atoms with Gasteiger partial charge in [-0.15, -0.1) is 6.58 Å². The first-order chi connectivity index (χ1) is 9.23. The van der Waals surface area contributed by atoms with Crippen molar-refractivity contribution in [2.45, 2.75) is 78.1 Å². The number of hydrogen-bond acceptors (Lipinski definition) is 3. The van der Waals surface area contributed by atoms with E-state index in [9.17, 15) is 5.11 Å². The fourth-order valence-electron chi connectivity index (χ4n) is 2.02. The first-order valence-corrected chi connectivity index (χ1v) is 7.80. The third kappa shape index (κ3) is 6.38. The van der Waals surface area contributed by atoms with E-state index < -0.39 is 6.10 Å². The zero-order chi connectivity index (χ0) is 15.8. The first kappa shape index (κ1) is 19.6. The van der Waals surface area contributed by atoms with Gasteiger partial charge in [-0.3, -0.25) is 0 Å². The quantitative estimate of drug-likeness (QED) is 0.584. The van der Waals surface area contributed by atoms with Gasteiger partial charge in [0, 0.05) is 5.92 Å². The van der Waals surface area contributed by atoms with Crippen molar-refractivity contribution in [3.8, 4) is 0 Å². The number of hydrogen-bond donors (Lipinski definition) is 1. The Kier molecular flexibility index (Phi) is 8.64. The van der Waals surface area contributed by atoms with Crippen LogP contribution < -0.4 is 0 Å². The van der Waals surface area contributed by atoms with Crippen molar-refractivity contribution in [1.82, 2.24) is 0 Å². The van der Waals surface area contributed by atoms with Crippen LogP contribution >= 0.6 is 0 Å². The van der Waals surface area contributed by atoms with Crippen LogP contribution in [0.5, 0.6) is 0 Å². The van der Waals surface area contributed by atoms with Gasteiger partial charge in [0.25, 0.3) is 0 Å². The molecule has 0 aliphatic heterocycles. The Morgan fingerprint density at radius 1 is 1.10 bits per heavy atom. The number of aliphatic hydroxyl groups excluding tert-OH is 1. The summed E-state index contributed by atoms with van der Waals surface area (Å²) in [6.45, 7) is 17.2. The molecule has 0 aromatic carbocycles. The van der Waals surface area contributed by atoms with Gasteiger partial charge >= 0.3 is 0 Å². The van der Waals surface area contributed by atoms with Gasteiger partial charge in [0.2, 0.25) is 0 Å². The summed E-state index contributed by atoms with van der Waals surface area (Å²) in [5, 5.41) is 9.39. The Balaban J connectivity index is 4.53. The molecule has 4 atom stereocenters. The van der Waals surface area contributed by atoms with Crippen molar-refractivity contribution in [2.75, 3.05) is 13.2 Å². The van der Waals surface area contributed by atoms with E-state index in [4.69, 9.17) is 9.47 Å².